The van der Waals surface area contributed by atoms with Crippen LogP contribution >= 0.6 is 11.3 Å². The number of hydrogen-bond donors (Lipinski definition) is 1. The lowest BCUT2D eigenvalue weighted by Gasteiger charge is -2.16. The maximum absolute atomic E-state index is 11.9. The predicted molar refractivity (Wildman–Crippen MR) is 90.3 cm³/mol. The summed E-state index contributed by atoms with van der Waals surface area (Å²) in [5, 5.41) is 4.96. The van der Waals surface area contributed by atoms with Gasteiger partial charge in [0.25, 0.3) is 0 Å². The SMILES string of the molecule is Cc1ccsc1CN(C)CC(=O)NCCOc1ccccc1. The second-order valence-corrected chi connectivity index (χ2v) is 6.21. The molecule has 0 spiro atoms. The minimum Gasteiger partial charge on any atom is -0.492 e. The van der Waals surface area contributed by atoms with Gasteiger partial charge in [0.1, 0.15) is 12.4 Å². The van der Waals surface area contributed by atoms with Gasteiger partial charge in [-0.05, 0) is 43.1 Å². The Kier molecular flexibility index (Phi) is 6.43. The largest absolute Gasteiger partial charge is 0.492 e. The molecule has 1 N–H and O–H groups in total. The average molecular weight is 318 g/mol. The number of thiophene rings is 1. The molecule has 0 unspecified atom stereocenters. The van der Waals surface area contributed by atoms with Crippen LogP contribution < -0.4 is 10.1 Å². The summed E-state index contributed by atoms with van der Waals surface area (Å²) < 4.78 is 5.54. The number of ether oxygens (including phenoxy) is 1. The molecule has 0 aliphatic carbocycles. The van der Waals surface area contributed by atoms with Gasteiger partial charge in [0.15, 0.2) is 0 Å². The molecule has 1 aromatic carbocycles. The molecule has 2 rings (SSSR count). The van der Waals surface area contributed by atoms with E-state index in [9.17, 15) is 4.79 Å². The fourth-order valence-electron chi connectivity index (χ4n) is 2.04. The van der Waals surface area contributed by atoms with Crippen LogP contribution in [0.3, 0.4) is 0 Å². The van der Waals surface area contributed by atoms with Crippen molar-refractivity contribution < 1.29 is 9.53 Å². The van der Waals surface area contributed by atoms with Gasteiger partial charge in [0.05, 0.1) is 13.1 Å². The van der Waals surface area contributed by atoms with Crippen molar-refractivity contribution in [3.8, 4) is 5.75 Å². The summed E-state index contributed by atoms with van der Waals surface area (Å²) in [5.74, 6) is 0.843. The number of benzene rings is 1. The van der Waals surface area contributed by atoms with Crippen LogP contribution in [0.1, 0.15) is 10.4 Å². The summed E-state index contributed by atoms with van der Waals surface area (Å²) in [7, 11) is 1.96. The molecule has 1 aromatic heterocycles. The Labute approximate surface area is 135 Å². The number of nitrogens with one attached hydrogen (secondary N) is 1. The average Bonchev–Trinajstić information content (AvgIpc) is 2.90. The smallest absolute Gasteiger partial charge is 0.234 e. The zero-order valence-electron chi connectivity index (χ0n) is 13.0. The topological polar surface area (TPSA) is 41.6 Å². The Morgan fingerprint density at radius 3 is 2.73 bits per heavy atom. The van der Waals surface area contributed by atoms with E-state index < -0.39 is 0 Å². The first-order valence-electron chi connectivity index (χ1n) is 7.31. The van der Waals surface area contributed by atoms with Gasteiger partial charge in [-0.25, -0.2) is 0 Å². The highest BCUT2D eigenvalue weighted by molar-refractivity contribution is 7.10. The van der Waals surface area contributed by atoms with Gasteiger partial charge in [-0.1, -0.05) is 18.2 Å². The van der Waals surface area contributed by atoms with E-state index in [0.29, 0.717) is 19.7 Å². The molecule has 0 radical (unpaired) electrons. The van der Waals surface area contributed by atoms with Crippen molar-refractivity contribution in [2.24, 2.45) is 0 Å². The van der Waals surface area contributed by atoms with E-state index in [1.807, 2.05) is 42.3 Å². The minimum atomic E-state index is 0.0216. The first kappa shape index (κ1) is 16.5. The molecule has 118 valence electrons. The van der Waals surface area contributed by atoms with Gasteiger partial charge in [-0.15, -0.1) is 11.3 Å². The Hall–Kier alpha value is -1.85. The fraction of sp³-hybridized carbons (Fsp3) is 0.353. The molecule has 0 saturated heterocycles. The van der Waals surface area contributed by atoms with Gasteiger partial charge < -0.3 is 10.1 Å². The van der Waals surface area contributed by atoms with Crippen molar-refractivity contribution >= 4 is 17.2 Å². The van der Waals surface area contributed by atoms with E-state index in [0.717, 1.165) is 12.3 Å². The van der Waals surface area contributed by atoms with Gasteiger partial charge in [-0.2, -0.15) is 0 Å². The second-order valence-electron chi connectivity index (χ2n) is 5.21. The van der Waals surface area contributed by atoms with Crippen LogP contribution in [0.2, 0.25) is 0 Å². The number of carbonyl (C=O) groups is 1. The van der Waals surface area contributed by atoms with Gasteiger partial charge in [0, 0.05) is 11.4 Å². The zero-order valence-corrected chi connectivity index (χ0v) is 13.9. The number of likely N-dealkylation sites (N-methyl/N-ethyl adjacent to an activating group) is 1. The highest BCUT2D eigenvalue weighted by Gasteiger charge is 2.08. The molecule has 1 heterocycles. The van der Waals surface area contributed by atoms with Crippen LogP contribution in [0.5, 0.6) is 5.75 Å². The zero-order chi connectivity index (χ0) is 15.8. The van der Waals surface area contributed by atoms with Crippen molar-refractivity contribution in [3.63, 3.8) is 0 Å². The minimum absolute atomic E-state index is 0.0216. The molecule has 4 nitrogen and oxygen atoms in total. The lowest BCUT2D eigenvalue weighted by molar-refractivity contribution is -0.122. The molecule has 0 saturated carbocycles. The number of para-hydroxylation sites is 1. The van der Waals surface area contributed by atoms with Crippen LogP contribution in [-0.4, -0.2) is 37.6 Å². The Balaban J connectivity index is 1.62. The quantitative estimate of drug-likeness (QED) is 0.761. The monoisotopic (exact) mass is 318 g/mol. The van der Waals surface area contributed by atoms with Gasteiger partial charge in [-0.3, -0.25) is 9.69 Å². The second kappa shape index (κ2) is 8.56. The van der Waals surface area contributed by atoms with Gasteiger partial charge in [0.2, 0.25) is 5.91 Å². The van der Waals surface area contributed by atoms with Crippen molar-refractivity contribution in [2.45, 2.75) is 13.5 Å². The summed E-state index contributed by atoms with van der Waals surface area (Å²) in [6, 6.07) is 11.7. The van der Waals surface area contributed by atoms with E-state index in [-0.39, 0.29) is 5.91 Å². The predicted octanol–water partition coefficient (Wildman–Crippen LogP) is 2.68. The van der Waals surface area contributed by atoms with E-state index in [1.54, 1.807) is 11.3 Å². The third kappa shape index (κ3) is 5.50. The summed E-state index contributed by atoms with van der Waals surface area (Å²) in [6.07, 6.45) is 0. The maximum Gasteiger partial charge on any atom is 0.234 e. The molecule has 5 heteroatoms. The van der Waals surface area contributed by atoms with E-state index in [1.165, 1.54) is 10.4 Å². The van der Waals surface area contributed by atoms with Crippen LogP contribution in [0.25, 0.3) is 0 Å². The maximum atomic E-state index is 11.9. The highest BCUT2D eigenvalue weighted by atomic mass is 32.1. The van der Waals surface area contributed by atoms with Crippen molar-refractivity contribution in [1.29, 1.82) is 0 Å². The molecule has 2 aromatic rings. The van der Waals surface area contributed by atoms with Crippen molar-refractivity contribution in [1.82, 2.24) is 10.2 Å². The Morgan fingerprint density at radius 2 is 2.05 bits per heavy atom. The lowest BCUT2D eigenvalue weighted by atomic mass is 10.3. The number of aryl methyl sites for hydroxylation is 1. The molecule has 0 aliphatic heterocycles. The normalized spacial score (nSPS) is 10.7. The van der Waals surface area contributed by atoms with Crippen LogP contribution in [-0.2, 0) is 11.3 Å². The molecule has 0 aliphatic rings. The molecule has 0 atom stereocenters. The summed E-state index contributed by atoms with van der Waals surface area (Å²) in [5.41, 5.74) is 1.29. The van der Waals surface area contributed by atoms with E-state index in [4.69, 9.17) is 4.74 Å². The van der Waals surface area contributed by atoms with Crippen LogP contribution in [0.4, 0.5) is 0 Å². The molecule has 0 bridgehead atoms. The van der Waals surface area contributed by atoms with Crippen LogP contribution in [0.15, 0.2) is 41.8 Å². The fourth-order valence-corrected chi connectivity index (χ4v) is 3.03. The van der Waals surface area contributed by atoms with Crippen molar-refractivity contribution in [3.05, 3.63) is 52.2 Å². The van der Waals surface area contributed by atoms with E-state index in [2.05, 4.69) is 23.7 Å². The first-order valence-corrected chi connectivity index (χ1v) is 8.19. The first-order chi connectivity index (χ1) is 10.6. The summed E-state index contributed by atoms with van der Waals surface area (Å²) in [4.78, 5) is 15.2. The Bertz CT molecular complexity index is 583. The van der Waals surface area contributed by atoms with Crippen molar-refractivity contribution in [2.75, 3.05) is 26.7 Å². The molecular formula is C17H22N2O2S. The lowest BCUT2D eigenvalue weighted by Crippen LogP contribution is -2.36. The summed E-state index contributed by atoms with van der Waals surface area (Å²) >= 11 is 1.73. The standard InChI is InChI=1S/C17H22N2O2S/c1-14-8-11-22-16(14)12-19(2)13-17(20)18-9-10-21-15-6-4-3-5-7-15/h3-8,11H,9-10,12-13H2,1-2H3,(H,18,20). The number of hydrogen-bond acceptors (Lipinski definition) is 4. The van der Waals surface area contributed by atoms with E-state index >= 15 is 0 Å². The number of nitrogens with zero attached hydrogens (tertiary/aromatic N) is 1. The summed E-state index contributed by atoms with van der Waals surface area (Å²) in [6.45, 7) is 4.28. The third-order valence-electron chi connectivity index (χ3n) is 3.23. The Morgan fingerprint density at radius 1 is 1.27 bits per heavy atom. The number of amides is 1. The number of carbonyl (C=O) groups excluding carboxylic acids is 1. The molecule has 22 heavy (non-hydrogen) atoms. The molecular weight excluding hydrogens is 296 g/mol. The molecule has 0 fully saturated rings. The number of rotatable bonds is 8. The third-order valence-corrected chi connectivity index (χ3v) is 4.24. The van der Waals surface area contributed by atoms with Crippen LogP contribution in [0, 0.1) is 6.92 Å². The van der Waals surface area contributed by atoms with Gasteiger partial charge >= 0.3 is 0 Å². The highest BCUT2D eigenvalue weighted by Crippen LogP contribution is 2.16. The molecule has 1 amide bonds.